The van der Waals surface area contributed by atoms with E-state index >= 15 is 0 Å². The number of carbonyl (C=O) groups is 1. The average Bonchev–Trinajstić information content (AvgIpc) is 2.92. The number of ether oxygens (including phenoxy) is 1. The van der Waals surface area contributed by atoms with E-state index in [0.29, 0.717) is 0 Å². The van der Waals surface area contributed by atoms with Gasteiger partial charge in [-0.25, -0.2) is 4.79 Å². The molecule has 0 radical (unpaired) electrons. The van der Waals surface area contributed by atoms with Crippen LogP contribution in [-0.2, 0) is 4.74 Å². The van der Waals surface area contributed by atoms with Crippen LogP contribution < -0.4 is 10.6 Å². The summed E-state index contributed by atoms with van der Waals surface area (Å²) in [5.41, 5.74) is 0.0902. The van der Waals surface area contributed by atoms with Crippen LogP contribution >= 0.6 is 0 Å². The zero-order chi connectivity index (χ0) is 29.9. The maximum Gasteiger partial charge on any atom is 0.410 e. The van der Waals surface area contributed by atoms with E-state index in [2.05, 4.69) is 10.6 Å². The molecule has 8 nitrogen and oxygen atoms in total. The van der Waals surface area contributed by atoms with Crippen LogP contribution in [0.4, 0.5) is 18.0 Å². The Morgan fingerprint density at radius 2 is 1.51 bits per heavy atom. The van der Waals surface area contributed by atoms with Crippen LogP contribution in [0.25, 0.3) is 0 Å². The Hall–Kier alpha value is -3.57. The largest absolute Gasteiger partial charge is 0.444 e. The van der Waals surface area contributed by atoms with Gasteiger partial charge in [-0.2, -0.15) is 13.2 Å². The molecule has 222 valence electrons. The summed E-state index contributed by atoms with van der Waals surface area (Å²) >= 11 is 0. The van der Waals surface area contributed by atoms with Crippen molar-refractivity contribution in [3.8, 4) is 0 Å². The number of carbonyl (C=O) groups excluding carboxylic acids is 1. The maximum absolute atomic E-state index is 14.5. The molecule has 2 heterocycles. The van der Waals surface area contributed by atoms with E-state index in [1.807, 2.05) is 60.7 Å². The first-order valence-electron chi connectivity index (χ1n) is 13.6. The number of amides is 1. The molecule has 0 aliphatic carbocycles. The lowest BCUT2D eigenvalue weighted by Gasteiger charge is -2.41. The first-order chi connectivity index (χ1) is 19.3. The van der Waals surface area contributed by atoms with Crippen LogP contribution in [0, 0.1) is 17.2 Å². The van der Waals surface area contributed by atoms with Crippen LogP contribution in [0.2, 0.25) is 0 Å². The Bertz CT molecular complexity index is 1200. The SMILES string of the molecule is CC(C)(C)OC(=O)N1CCC(C(=N)C2=C(NC(c3ccccc3)c3ccccc3)NC(O)[C@H](O)[C@@H]2C(F)(F)F)CC1. The maximum atomic E-state index is 14.5. The minimum absolute atomic E-state index is 0.164. The molecule has 4 rings (SSSR count). The molecule has 2 aliphatic rings. The van der Waals surface area contributed by atoms with Crippen LogP contribution in [0.5, 0.6) is 0 Å². The van der Waals surface area contributed by atoms with Gasteiger partial charge in [-0.05, 0) is 44.7 Å². The molecule has 0 spiro atoms. The fourth-order valence-corrected chi connectivity index (χ4v) is 5.29. The third-order valence-electron chi connectivity index (χ3n) is 7.29. The van der Waals surface area contributed by atoms with Gasteiger partial charge in [0.25, 0.3) is 0 Å². The van der Waals surface area contributed by atoms with Gasteiger partial charge in [-0.1, -0.05) is 60.7 Å². The van der Waals surface area contributed by atoms with Gasteiger partial charge < -0.3 is 35.9 Å². The summed E-state index contributed by atoms with van der Waals surface area (Å²) in [5.74, 6) is -3.27. The van der Waals surface area contributed by atoms with Crippen LogP contribution in [0.1, 0.15) is 50.8 Å². The Balaban J connectivity index is 1.70. The Morgan fingerprint density at radius 1 is 1.00 bits per heavy atom. The van der Waals surface area contributed by atoms with Crippen molar-refractivity contribution < 1.29 is 32.9 Å². The number of aliphatic hydroxyl groups excluding tert-OH is 2. The Morgan fingerprint density at radius 3 is 1.98 bits per heavy atom. The fraction of sp³-hybridized carbons (Fsp3) is 0.467. The molecular formula is C30H37F3N4O4. The van der Waals surface area contributed by atoms with E-state index in [1.165, 1.54) is 4.90 Å². The van der Waals surface area contributed by atoms with Gasteiger partial charge in [0.2, 0.25) is 0 Å². The van der Waals surface area contributed by atoms with Crippen molar-refractivity contribution in [1.29, 1.82) is 5.41 Å². The smallest absolute Gasteiger partial charge is 0.410 e. The number of nitrogens with zero attached hydrogens (tertiary/aromatic N) is 1. The quantitative estimate of drug-likeness (QED) is 0.319. The van der Waals surface area contributed by atoms with Gasteiger partial charge in [-0.3, -0.25) is 0 Å². The van der Waals surface area contributed by atoms with Crippen LogP contribution in [-0.4, -0.2) is 64.1 Å². The van der Waals surface area contributed by atoms with Gasteiger partial charge in [-0.15, -0.1) is 0 Å². The van der Waals surface area contributed by atoms with Crippen molar-refractivity contribution in [3.63, 3.8) is 0 Å². The van der Waals surface area contributed by atoms with Gasteiger partial charge >= 0.3 is 12.3 Å². The normalized spacial score (nSPS) is 22.4. The lowest BCUT2D eigenvalue weighted by Crippen LogP contribution is -2.57. The van der Waals surface area contributed by atoms with Crippen LogP contribution in [0.15, 0.2) is 72.1 Å². The molecule has 1 amide bonds. The second-order valence-electron chi connectivity index (χ2n) is 11.4. The first-order valence-corrected chi connectivity index (χ1v) is 13.6. The van der Waals surface area contributed by atoms with E-state index in [1.54, 1.807) is 20.8 Å². The van der Waals surface area contributed by atoms with E-state index in [9.17, 15) is 28.2 Å². The molecule has 1 fully saturated rings. The molecule has 3 atom stereocenters. The number of alkyl halides is 3. The lowest BCUT2D eigenvalue weighted by molar-refractivity contribution is -0.205. The van der Waals surface area contributed by atoms with Gasteiger partial charge in [0.05, 0.1) is 6.04 Å². The Kier molecular flexibility index (Phi) is 8.98. The first kappa shape index (κ1) is 30.4. The van der Waals surface area contributed by atoms with Crippen molar-refractivity contribution in [2.24, 2.45) is 11.8 Å². The highest BCUT2D eigenvalue weighted by Crippen LogP contribution is 2.41. The predicted octanol–water partition coefficient (Wildman–Crippen LogP) is 4.71. The second kappa shape index (κ2) is 12.1. The van der Waals surface area contributed by atoms with Crippen molar-refractivity contribution in [2.45, 2.75) is 63.8 Å². The number of hydrogen-bond donors (Lipinski definition) is 5. The molecule has 41 heavy (non-hydrogen) atoms. The summed E-state index contributed by atoms with van der Waals surface area (Å²) < 4.78 is 48.9. The topological polar surface area (TPSA) is 118 Å². The summed E-state index contributed by atoms with van der Waals surface area (Å²) in [6.07, 6.45) is -9.09. The standard InChI is InChI=1S/C30H37F3N4O4/c1-29(2,3)41-28(40)37-16-14-18(15-17-37)23(34)21-22(30(31,32)33)25(38)27(39)36-26(21)35-24(19-10-6-4-7-11-19)20-12-8-5-9-13-20/h4-13,18,22,24-25,27,34-36,38-39H,14-17H2,1-3H3/t22-,25-,27?/m1/s1. The summed E-state index contributed by atoms with van der Waals surface area (Å²) in [6.45, 7) is 5.67. The fourth-order valence-electron chi connectivity index (χ4n) is 5.29. The minimum Gasteiger partial charge on any atom is -0.444 e. The number of halogens is 3. The molecule has 0 saturated carbocycles. The van der Waals surface area contributed by atoms with Crippen molar-refractivity contribution in [2.75, 3.05) is 13.1 Å². The summed E-state index contributed by atoms with van der Waals surface area (Å²) in [5, 5.41) is 35.7. The summed E-state index contributed by atoms with van der Waals surface area (Å²) in [6, 6.07) is 17.6. The van der Waals surface area contributed by atoms with Gasteiger partial charge in [0, 0.05) is 30.3 Å². The summed E-state index contributed by atoms with van der Waals surface area (Å²) in [7, 11) is 0. The second-order valence-corrected chi connectivity index (χ2v) is 11.4. The zero-order valence-corrected chi connectivity index (χ0v) is 23.3. The van der Waals surface area contributed by atoms with Crippen LogP contribution in [0.3, 0.4) is 0 Å². The number of piperidine rings is 1. The zero-order valence-electron chi connectivity index (χ0n) is 23.3. The predicted molar refractivity (Wildman–Crippen MR) is 148 cm³/mol. The molecule has 2 aliphatic heterocycles. The molecule has 0 bridgehead atoms. The van der Waals surface area contributed by atoms with E-state index in [0.717, 1.165) is 11.1 Å². The average molecular weight is 575 g/mol. The molecule has 2 aromatic carbocycles. The monoisotopic (exact) mass is 574 g/mol. The molecule has 2 aromatic rings. The Labute approximate surface area is 237 Å². The lowest BCUT2D eigenvalue weighted by atomic mass is 9.78. The van der Waals surface area contributed by atoms with E-state index in [-0.39, 0.29) is 37.5 Å². The van der Waals surface area contributed by atoms with Crippen molar-refractivity contribution in [3.05, 3.63) is 83.2 Å². The number of likely N-dealkylation sites (tertiary alicyclic amines) is 1. The highest BCUT2D eigenvalue weighted by molar-refractivity contribution is 6.01. The van der Waals surface area contributed by atoms with E-state index < -0.39 is 53.7 Å². The molecule has 5 N–H and O–H groups in total. The third-order valence-corrected chi connectivity index (χ3v) is 7.29. The van der Waals surface area contributed by atoms with Crippen molar-refractivity contribution in [1.82, 2.24) is 15.5 Å². The highest BCUT2D eigenvalue weighted by Gasteiger charge is 2.54. The minimum atomic E-state index is -4.94. The number of nitrogens with one attached hydrogen (secondary N) is 3. The van der Waals surface area contributed by atoms with Gasteiger partial charge in [0.1, 0.15) is 23.4 Å². The van der Waals surface area contributed by atoms with Crippen molar-refractivity contribution >= 4 is 11.8 Å². The molecular weight excluding hydrogens is 537 g/mol. The molecule has 1 unspecified atom stereocenters. The number of aliphatic hydroxyl groups is 2. The molecule has 1 saturated heterocycles. The highest BCUT2D eigenvalue weighted by atomic mass is 19.4. The molecule has 0 aromatic heterocycles. The number of rotatable bonds is 6. The van der Waals surface area contributed by atoms with E-state index in [4.69, 9.17) is 10.1 Å². The third kappa shape index (κ3) is 7.20. The molecule has 11 heteroatoms. The number of benzene rings is 2. The summed E-state index contributed by atoms with van der Waals surface area (Å²) in [4.78, 5) is 14.0. The van der Waals surface area contributed by atoms with Gasteiger partial charge in [0.15, 0.2) is 6.23 Å². The number of hydrogen-bond acceptors (Lipinski definition) is 7.